The number of aromatic nitrogens is 1. The smallest absolute Gasteiger partial charge is 0.262 e. The number of anilines is 2. The van der Waals surface area contributed by atoms with Gasteiger partial charge < -0.3 is 5.32 Å². The summed E-state index contributed by atoms with van der Waals surface area (Å²) in [5.74, 6) is -0.119. The molecule has 1 aliphatic rings. The molecule has 0 spiro atoms. The molecule has 150 valence electrons. The summed E-state index contributed by atoms with van der Waals surface area (Å²) in [6.07, 6.45) is 5.79. The van der Waals surface area contributed by atoms with Crippen molar-refractivity contribution in [3.05, 3.63) is 47.0 Å². The van der Waals surface area contributed by atoms with Gasteiger partial charge in [-0.3, -0.25) is 14.5 Å². The van der Waals surface area contributed by atoms with Gasteiger partial charge in [-0.1, -0.05) is 38.0 Å². The van der Waals surface area contributed by atoms with Gasteiger partial charge in [-0.05, 0) is 37.0 Å². The van der Waals surface area contributed by atoms with Gasteiger partial charge in [0.1, 0.15) is 11.6 Å². The summed E-state index contributed by atoms with van der Waals surface area (Å²) in [4.78, 5) is 30.7. The summed E-state index contributed by atoms with van der Waals surface area (Å²) >= 11 is 1.29. The first kappa shape index (κ1) is 20.7. The van der Waals surface area contributed by atoms with E-state index >= 15 is 0 Å². The summed E-state index contributed by atoms with van der Waals surface area (Å²) in [7, 11) is 0. The first-order valence-corrected chi connectivity index (χ1v) is 10.6. The topological polar surface area (TPSA) is 86.1 Å². The number of carbonyl (C=O) groups excluding carboxylic acids is 2. The predicted octanol–water partition coefficient (Wildman–Crippen LogP) is 4.43. The average molecular weight is 409 g/mol. The highest BCUT2D eigenvalue weighted by atomic mass is 32.1. The molecule has 29 heavy (non-hydrogen) atoms. The second-order valence-electron chi connectivity index (χ2n) is 7.26. The van der Waals surface area contributed by atoms with E-state index in [1.54, 1.807) is 5.38 Å². The molecule has 1 aromatic heterocycles. The van der Waals surface area contributed by atoms with Gasteiger partial charge in [0.05, 0.1) is 11.4 Å². The number of hydrogen-bond acceptors (Lipinski definition) is 5. The lowest BCUT2D eigenvalue weighted by molar-refractivity contribution is -0.118. The second kappa shape index (κ2) is 9.48. The number of nitrogens with one attached hydrogen (secondary N) is 1. The largest absolute Gasteiger partial charge is 0.348 e. The Kier molecular flexibility index (Phi) is 6.78. The minimum atomic E-state index is -0.368. The standard InChI is InChI=1S/C22H24N4O2S/c1-15-8-6-7-11-20(15)25-21(28)17(13-23)12-18-14-29-22(24-18)26(16(2)27)19-9-4-3-5-10-19/h3-5,9-10,12,14-15,20H,6-8,11H2,1-2H3,(H,25,28)/b17-12+/t15-,20+/m1/s1. The van der Waals surface area contributed by atoms with Crippen LogP contribution in [0.15, 0.2) is 41.3 Å². The van der Waals surface area contributed by atoms with E-state index in [1.807, 2.05) is 36.4 Å². The van der Waals surface area contributed by atoms with Gasteiger partial charge in [0.25, 0.3) is 5.91 Å². The Morgan fingerprint density at radius 2 is 2.00 bits per heavy atom. The highest BCUT2D eigenvalue weighted by Crippen LogP contribution is 2.29. The summed E-state index contributed by atoms with van der Waals surface area (Å²) in [5, 5.41) is 14.7. The van der Waals surface area contributed by atoms with Gasteiger partial charge in [0.2, 0.25) is 5.91 Å². The molecule has 2 amide bonds. The second-order valence-corrected chi connectivity index (χ2v) is 8.09. The Labute approximate surface area is 174 Å². The van der Waals surface area contributed by atoms with Crippen LogP contribution in [0.3, 0.4) is 0 Å². The molecule has 1 fully saturated rings. The minimum Gasteiger partial charge on any atom is -0.348 e. The molecule has 0 unspecified atom stereocenters. The van der Waals surface area contributed by atoms with Gasteiger partial charge in [-0.15, -0.1) is 11.3 Å². The number of benzene rings is 1. The average Bonchev–Trinajstić information content (AvgIpc) is 3.16. The number of nitriles is 1. The number of rotatable bonds is 5. The molecule has 1 heterocycles. The highest BCUT2D eigenvalue weighted by Gasteiger charge is 2.24. The van der Waals surface area contributed by atoms with E-state index < -0.39 is 0 Å². The Bertz CT molecular complexity index is 945. The molecule has 2 aromatic rings. The van der Waals surface area contributed by atoms with E-state index in [0.717, 1.165) is 24.9 Å². The molecule has 1 aliphatic carbocycles. The van der Waals surface area contributed by atoms with E-state index in [9.17, 15) is 14.9 Å². The molecule has 0 aliphatic heterocycles. The van der Waals surface area contributed by atoms with E-state index in [2.05, 4.69) is 17.2 Å². The number of nitrogens with zero attached hydrogens (tertiary/aromatic N) is 3. The number of para-hydroxylation sites is 1. The summed E-state index contributed by atoms with van der Waals surface area (Å²) in [5.41, 5.74) is 1.22. The van der Waals surface area contributed by atoms with Crippen molar-refractivity contribution >= 4 is 40.0 Å². The Morgan fingerprint density at radius 1 is 1.28 bits per heavy atom. The van der Waals surface area contributed by atoms with Crippen molar-refractivity contribution in [3.63, 3.8) is 0 Å². The minimum absolute atomic E-state index is 0.0220. The van der Waals surface area contributed by atoms with Crippen LogP contribution in [0.5, 0.6) is 0 Å². The van der Waals surface area contributed by atoms with Crippen LogP contribution in [-0.4, -0.2) is 22.8 Å². The van der Waals surface area contributed by atoms with Gasteiger partial charge >= 0.3 is 0 Å². The molecule has 1 N–H and O–H groups in total. The molecule has 0 saturated heterocycles. The van der Waals surface area contributed by atoms with E-state index in [0.29, 0.717) is 16.7 Å². The van der Waals surface area contributed by atoms with Gasteiger partial charge in [0.15, 0.2) is 5.13 Å². The molecule has 2 atom stereocenters. The van der Waals surface area contributed by atoms with Crippen LogP contribution in [0.1, 0.15) is 45.2 Å². The fraction of sp³-hybridized carbons (Fsp3) is 0.364. The normalized spacial score (nSPS) is 19.3. The van der Waals surface area contributed by atoms with Crippen molar-refractivity contribution in [3.8, 4) is 6.07 Å². The zero-order valence-electron chi connectivity index (χ0n) is 16.6. The summed E-state index contributed by atoms with van der Waals surface area (Å²) in [6, 6.07) is 11.3. The van der Waals surface area contributed by atoms with Crippen LogP contribution in [0, 0.1) is 17.2 Å². The highest BCUT2D eigenvalue weighted by molar-refractivity contribution is 7.14. The van der Waals surface area contributed by atoms with Crippen LogP contribution < -0.4 is 10.2 Å². The van der Waals surface area contributed by atoms with E-state index in [1.165, 1.54) is 35.7 Å². The Hall–Kier alpha value is -2.98. The van der Waals surface area contributed by atoms with E-state index in [-0.39, 0.29) is 23.4 Å². The third kappa shape index (κ3) is 5.09. The first-order chi connectivity index (χ1) is 14.0. The molecule has 0 radical (unpaired) electrons. The predicted molar refractivity (Wildman–Crippen MR) is 115 cm³/mol. The summed E-state index contributed by atoms with van der Waals surface area (Å²) < 4.78 is 0. The lowest BCUT2D eigenvalue weighted by atomic mass is 9.86. The molecule has 1 aromatic carbocycles. The Morgan fingerprint density at radius 3 is 2.66 bits per heavy atom. The molecule has 7 heteroatoms. The monoisotopic (exact) mass is 408 g/mol. The van der Waals surface area contributed by atoms with Crippen LogP contribution in [-0.2, 0) is 9.59 Å². The van der Waals surface area contributed by atoms with Crippen molar-refractivity contribution in [1.82, 2.24) is 10.3 Å². The van der Waals surface area contributed by atoms with Crippen molar-refractivity contribution in [1.29, 1.82) is 5.26 Å². The zero-order valence-corrected chi connectivity index (χ0v) is 17.4. The van der Waals surface area contributed by atoms with Crippen molar-refractivity contribution in [2.75, 3.05) is 4.90 Å². The number of thiazole rings is 1. The zero-order chi connectivity index (χ0) is 20.8. The number of amides is 2. The van der Waals surface area contributed by atoms with Crippen LogP contribution in [0.2, 0.25) is 0 Å². The maximum Gasteiger partial charge on any atom is 0.262 e. The van der Waals surface area contributed by atoms with Crippen molar-refractivity contribution < 1.29 is 9.59 Å². The van der Waals surface area contributed by atoms with Crippen molar-refractivity contribution in [2.24, 2.45) is 5.92 Å². The molecule has 3 rings (SSSR count). The maximum atomic E-state index is 12.6. The molecular weight excluding hydrogens is 384 g/mol. The van der Waals surface area contributed by atoms with Crippen LogP contribution in [0.25, 0.3) is 6.08 Å². The quantitative estimate of drug-likeness (QED) is 0.586. The molecule has 6 nitrogen and oxygen atoms in total. The maximum absolute atomic E-state index is 12.6. The van der Waals surface area contributed by atoms with Gasteiger partial charge in [-0.2, -0.15) is 5.26 Å². The third-order valence-electron chi connectivity index (χ3n) is 5.12. The lowest BCUT2D eigenvalue weighted by Gasteiger charge is -2.29. The van der Waals surface area contributed by atoms with Gasteiger partial charge in [-0.25, -0.2) is 4.98 Å². The molecular formula is C22H24N4O2S. The fourth-order valence-electron chi connectivity index (χ4n) is 3.52. The third-order valence-corrected chi connectivity index (χ3v) is 5.96. The van der Waals surface area contributed by atoms with Crippen molar-refractivity contribution in [2.45, 2.75) is 45.6 Å². The molecule has 1 saturated carbocycles. The number of carbonyl (C=O) groups is 2. The van der Waals surface area contributed by atoms with Gasteiger partial charge in [0, 0.05) is 18.3 Å². The fourth-order valence-corrected chi connectivity index (χ4v) is 4.37. The van der Waals surface area contributed by atoms with E-state index in [4.69, 9.17) is 0 Å². The number of hydrogen-bond donors (Lipinski definition) is 1. The van der Waals surface area contributed by atoms with Crippen LogP contribution >= 0.6 is 11.3 Å². The Balaban J connectivity index is 1.79. The van der Waals surface area contributed by atoms with Crippen LogP contribution in [0.4, 0.5) is 10.8 Å². The first-order valence-electron chi connectivity index (χ1n) is 9.73. The molecule has 0 bridgehead atoms. The summed E-state index contributed by atoms with van der Waals surface area (Å²) in [6.45, 7) is 3.61. The SMILES string of the molecule is CC(=O)N(c1ccccc1)c1nc(/C=C(\C#N)C(=O)N[C@H]2CCCC[C@H]2C)cs1. The lowest BCUT2D eigenvalue weighted by Crippen LogP contribution is -2.41.